The van der Waals surface area contributed by atoms with Crippen LogP contribution in [0.25, 0.3) is 0 Å². The van der Waals surface area contributed by atoms with Crippen LogP contribution in [-0.4, -0.2) is 15.2 Å². The van der Waals surface area contributed by atoms with Gasteiger partial charge in [-0.1, -0.05) is 12.1 Å². The van der Waals surface area contributed by atoms with Gasteiger partial charge in [0, 0.05) is 0 Å². The smallest absolute Gasteiger partial charge is 0.239 e. The van der Waals surface area contributed by atoms with E-state index in [-0.39, 0.29) is 5.95 Å². The molecule has 0 aliphatic rings. The quantitative estimate of drug-likeness (QED) is 0.789. The maximum absolute atomic E-state index is 5.50. The molecule has 1 heterocycles. The van der Waals surface area contributed by atoms with Gasteiger partial charge < -0.3 is 10.5 Å². The van der Waals surface area contributed by atoms with Gasteiger partial charge in [0.05, 0.1) is 0 Å². The van der Waals surface area contributed by atoms with Gasteiger partial charge in [0.25, 0.3) is 0 Å². The highest BCUT2D eigenvalue weighted by atomic mass is 16.5. The number of anilines is 1. The van der Waals surface area contributed by atoms with Crippen LogP contribution in [0, 0.1) is 6.92 Å². The van der Waals surface area contributed by atoms with Crippen LogP contribution >= 0.6 is 0 Å². The summed E-state index contributed by atoms with van der Waals surface area (Å²) in [5, 5.41) is 6.39. The lowest BCUT2D eigenvalue weighted by molar-refractivity contribution is 0.296. The Hall–Kier alpha value is -2.04. The second-order valence-electron chi connectivity index (χ2n) is 3.25. The first-order valence-electron chi connectivity index (χ1n) is 4.60. The summed E-state index contributed by atoms with van der Waals surface area (Å²) in [6, 6.07) is 7.81. The molecule has 0 bridgehead atoms. The number of H-pyrrole nitrogens is 1. The van der Waals surface area contributed by atoms with E-state index in [1.807, 2.05) is 31.2 Å². The SMILES string of the molecule is Cc1cccc(OCc2nc(N)n[nH]2)c1. The molecule has 0 aliphatic heterocycles. The summed E-state index contributed by atoms with van der Waals surface area (Å²) in [7, 11) is 0. The summed E-state index contributed by atoms with van der Waals surface area (Å²) >= 11 is 0. The minimum Gasteiger partial charge on any atom is -0.486 e. The maximum Gasteiger partial charge on any atom is 0.239 e. The molecule has 3 N–H and O–H groups in total. The number of hydrogen-bond acceptors (Lipinski definition) is 4. The summed E-state index contributed by atoms with van der Waals surface area (Å²) in [5.74, 6) is 1.66. The normalized spacial score (nSPS) is 10.2. The van der Waals surface area contributed by atoms with Gasteiger partial charge in [0.15, 0.2) is 5.82 Å². The van der Waals surface area contributed by atoms with Crippen LogP contribution in [0.15, 0.2) is 24.3 Å². The van der Waals surface area contributed by atoms with Crippen molar-refractivity contribution in [3.8, 4) is 5.75 Å². The van der Waals surface area contributed by atoms with E-state index >= 15 is 0 Å². The lowest BCUT2D eigenvalue weighted by atomic mass is 10.2. The van der Waals surface area contributed by atoms with Crippen LogP contribution < -0.4 is 10.5 Å². The molecule has 0 saturated heterocycles. The average molecular weight is 204 g/mol. The molecule has 15 heavy (non-hydrogen) atoms. The van der Waals surface area contributed by atoms with Gasteiger partial charge in [0.1, 0.15) is 12.4 Å². The van der Waals surface area contributed by atoms with Crippen molar-refractivity contribution < 1.29 is 4.74 Å². The fourth-order valence-electron chi connectivity index (χ4n) is 1.23. The molecule has 5 nitrogen and oxygen atoms in total. The lowest BCUT2D eigenvalue weighted by Crippen LogP contribution is -1.98. The van der Waals surface area contributed by atoms with Crippen molar-refractivity contribution in [2.24, 2.45) is 0 Å². The molecule has 5 heteroatoms. The standard InChI is InChI=1S/C10H12N4O/c1-7-3-2-4-8(5-7)15-6-9-12-10(11)14-13-9/h2-5H,6H2,1H3,(H3,11,12,13,14). The van der Waals surface area contributed by atoms with Gasteiger partial charge in [-0.25, -0.2) is 0 Å². The minimum absolute atomic E-state index is 0.234. The number of aromatic nitrogens is 3. The number of aryl methyl sites for hydroxylation is 1. The second-order valence-corrected chi connectivity index (χ2v) is 3.25. The molecular weight excluding hydrogens is 192 g/mol. The van der Waals surface area contributed by atoms with Crippen LogP contribution in [0.5, 0.6) is 5.75 Å². The summed E-state index contributed by atoms with van der Waals surface area (Å²) in [6.07, 6.45) is 0. The Balaban J connectivity index is 1.99. The van der Waals surface area contributed by atoms with Crippen molar-refractivity contribution in [3.05, 3.63) is 35.7 Å². The van der Waals surface area contributed by atoms with Crippen LogP contribution in [0.2, 0.25) is 0 Å². The van der Waals surface area contributed by atoms with Crippen LogP contribution in [0.3, 0.4) is 0 Å². The Bertz CT molecular complexity index is 452. The van der Waals surface area contributed by atoms with Crippen molar-refractivity contribution in [2.75, 3.05) is 5.73 Å². The Kier molecular flexibility index (Phi) is 2.53. The van der Waals surface area contributed by atoms with E-state index in [0.717, 1.165) is 11.3 Å². The zero-order valence-electron chi connectivity index (χ0n) is 8.40. The Morgan fingerprint density at radius 3 is 3.00 bits per heavy atom. The highest BCUT2D eigenvalue weighted by molar-refractivity contribution is 5.27. The number of nitrogens with two attached hydrogens (primary N) is 1. The van der Waals surface area contributed by atoms with Crippen LogP contribution in [0.1, 0.15) is 11.4 Å². The Morgan fingerprint density at radius 2 is 2.33 bits per heavy atom. The van der Waals surface area contributed by atoms with Gasteiger partial charge in [-0.3, -0.25) is 5.10 Å². The minimum atomic E-state index is 0.234. The number of ether oxygens (including phenoxy) is 1. The summed E-state index contributed by atoms with van der Waals surface area (Å²) in [5.41, 5.74) is 6.52. The zero-order valence-corrected chi connectivity index (χ0v) is 8.40. The number of nitrogens with one attached hydrogen (secondary N) is 1. The first kappa shape index (κ1) is 9.51. The molecule has 1 aromatic carbocycles. The number of nitrogen functional groups attached to an aromatic ring is 1. The third kappa shape index (κ3) is 2.46. The third-order valence-electron chi connectivity index (χ3n) is 1.91. The number of rotatable bonds is 3. The van der Waals surface area contributed by atoms with Crippen molar-refractivity contribution in [2.45, 2.75) is 13.5 Å². The molecule has 1 aromatic heterocycles. The lowest BCUT2D eigenvalue weighted by Gasteiger charge is -2.03. The van der Waals surface area contributed by atoms with Gasteiger partial charge in [-0.05, 0) is 24.6 Å². The molecule has 2 aromatic rings. The van der Waals surface area contributed by atoms with Crippen LogP contribution in [-0.2, 0) is 6.61 Å². The topological polar surface area (TPSA) is 76.8 Å². The van der Waals surface area contributed by atoms with E-state index in [1.165, 1.54) is 0 Å². The van der Waals surface area contributed by atoms with E-state index in [9.17, 15) is 0 Å². The van der Waals surface area contributed by atoms with Gasteiger partial charge >= 0.3 is 0 Å². The zero-order chi connectivity index (χ0) is 10.7. The first-order chi connectivity index (χ1) is 7.24. The highest BCUT2D eigenvalue weighted by Gasteiger charge is 2.00. The molecule has 0 spiro atoms. The molecule has 2 rings (SSSR count). The van der Waals surface area contributed by atoms with Gasteiger partial charge in [-0.2, -0.15) is 4.98 Å². The summed E-state index contributed by atoms with van der Waals surface area (Å²) in [4.78, 5) is 3.93. The highest BCUT2D eigenvalue weighted by Crippen LogP contribution is 2.13. The molecular formula is C10H12N4O. The van der Waals surface area contributed by atoms with Crippen molar-refractivity contribution >= 4 is 5.95 Å². The molecule has 0 radical (unpaired) electrons. The van der Waals surface area contributed by atoms with Crippen LogP contribution in [0.4, 0.5) is 5.95 Å². The second kappa shape index (κ2) is 4.00. The maximum atomic E-state index is 5.50. The predicted octanol–water partition coefficient (Wildman–Crippen LogP) is 1.27. The monoisotopic (exact) mass is 204 g/mol. The van der Waals surface area contributed by atoms with Crippen molar-refractivity contribution in [1.82, 2.24) is 15.2 Å². The van der Waals surface area contributed by atoms with Gasteiger partial charge in [-0.15, -0.1) is 5.10 Å². The molecule has 0 aliphatic carbocycles. The fraction of sp³-hybridized carbons (Fsp3) is 0.200. The molecule has 78 valence electrons. The molecule has 0 atom stereocenters. The van der Waals surface area contributed by atoms with Crippen molar-refractivity contribution in [3.63, 3.8) is 0 Å². The van der Waals surface area contributed by atoms with Gasteiger partial charge in [0.2, 0.25) is 5.95 Å². The molecule has 0 saturated carbocycles. The van der Waals surface area contributed by atoms with E-state index in [2.05, 4.69) is 15.2 Å². The Morgan fingerprint density at radius 1 is 1.47 bits per heavy atom. The predicted molar refractivity (Wildman–Crippen MR) is 56.3 cm³/mol. The molecule has 0 unspecified atom stereocenters. The van der Waals surface area contributed by atoms with E-state index in [0.29, 0.717) is 12.4 Å². The average Bonchev–Trinajstić information content (AvgIpc) is 2.62. The number of nitrogens with zero attached hydrogens (tertiary/aromatic N) is 2. The Labute approximate surface area is 87.3 Å². The largest absolute Gasteiger partial charge is 0.486 e. The third-order valence-corrected chi connectivity index (χ3v) is 1.91. The van der Waals surface area contributed by atoms with E-state index in [4.69, 9.17) is 10.5 Å². The number of benzene rings is 1. The number of aromatic amines is 1. The van der Waals surface area contributed by atoms with Crippen molar-refractivity contribution in [1.29, 1.82) is 0 Å². The first-order valence-corrected chi connectivity index (χ1v) is 4.60. The molecule has 0 fully saturated rings. The van der Waals surface area contributed by atoms with E-state index in [1.54, 1.807) is 0 Å². The number of hydrogen-bond donors (Lipinski definition) is 2. The summed E-state index contributed by atoms with van der Waals surface area (Å²) < 4.78 is 5.50. The summed E-state index contributed by atoms with van der Waals surface area (Å²) in [6.45, 7) is 2.35. The molecule has 0 amide bonds. The van der Waals surface area contributed by atoms with E-state index < -0.39 is 0 Å². The fourth-order valence-corrected chi connectivity index (χ4v) is 1.23.